The van der Waals surface area contributed by atoms with E-state index < -0.39 is 12.1 Å². The molecule has 1 aromatic carbocycles. The van der Waals surface area contributed by atoms with Crippen molar-refractivity contribution in [1.29, 1.82) is 0 Å². The van der Waals surface area contributed by atoms with Crippen LogP contribution >= 0.6 is 11.8 Å². The van der Waals surface area contributed by atoms with Crippen LogP contribution in [0, 0.1) is 0 Å². The van der Waals surface area contributed by atoms with E-state index in [1.54, 1.807) is 23.6 Å². The van der Waals surface area contributed by atoms with Gasteiger partial charge < -0.3 is 15.4 Å². The lowest BCUT2D eigenvalue weighted by atomic mass is 10.1. The number of rotatable bonds is 4. The van der Waals surface area contributed by atoms with Crippen LogP contribution in [0.1, 0.15) is 18.5 Å². The van der Waals surface area contributed by atoms with Gasteiger partial charge in [0, 0.05) is 18.1 Å². The normalized spacial score (nSPS) is 19.9. The first-order valence-corrected chi connectivity index (χ1v) is 8.16. The van der Waals surface area contributed by atoms with E-state index in [9.17, 15) is 9.59 Å². The van der Waals surface area contributed by atoms with Gasteiger partial charge in [-0.15, -0.1) is 0 Å². The summed E-state index contributed by atoms with van der Waals surface area (Å²) in [4.78, 5) is 26.2. The Morgan fingerprint density at radius 1 is 1.43 bits per heavy atom. The van der Waals surface area contributed by atoms with Crippen molar-refractivity contribution in [2.45, 2.75) is 19.0 Å². The van der Waals surface area contributed by atoms with Crippen LogP contribution in [0.2, 0.25) is 0 Å². The van der Waals surface area contributed by atoms with Crippen LogP contribution in [-0.4, -0.2) is 47.5 Å². The van der Waals surface area contributed by atoms with Crippen molar-refractivity contribution in [2.75, 3.05) is 24.7 Å². The molecule has 0 bridgehead atoms. The first-order chi connectivity index (χ1) is 10.1. The highest BCUT2D eigenvalue weighted by atomic mass is 32.2. The van der Waals surface area contributed by atoms with E-state index in [1.807, 2.05) is 30.3 Å². The SMILES string of the molecule is CCOC(=O)C1CSCCN1C(=O)[C@@H](N)c1ccccc1. The van der Waals surface area contributed by atoms with Crippen LogP contribution in [0.25, 0.3) is 0 Å². The summed E-state index contributed by atoms with van der Waals surface area (Å²) in [7, 11) is 0. The average molecular weight is 308 g/mol. The Morgan fingerprint density at radius 2 is 2.14 bits per heavy atom. The van der Waals surface area contributed by atoms with Gasteiger partial charge in [-0.2, -0.15) is 11.8 Å². The van der Waals surface area contributed by atoms with Crippen molar-refractivity contribution in [3.8, 4) is 0 Å². The predicted molar refractivity (Wildman–Crippen MR) is 82.8 cm³/mol. The second-order valence-electron chi connectivity index (χ2n) is 4.76. The maximum absolute atomic E-state index is 12.6. The number of ether oxygens (including phenoxy) is 1. The molecule has 114 valence electrons. The third-order valence-electron chi connectivity index (χ3n) is 3.39. The topological polar surface area (TPSA) is 72.6 Å². The van der Waals surface area contributed by atoms with Crippen molar-refractivity contribution in [1.82, 2.24) is 4.90 Å². The molecule has 2 N–H and O–H groups in total. The molecule has 1 aromatic rings. The molecule has 2 atom stereocenters. The Kier molecular flexibility index (Phi) is 5.64. The summed E-state index contributed by atoms with van der Waals surface area (Å²) in [6.45, 7) is 2.59. The van der Waals surface area contributed by atoms with Crippen molar-refractivity contribution >= 4 is 23.6 Å². The molecule has 1 aliphatic rings. The molecule has 0 saturated carbocycles. The fourth-order valence-electron chi connectivity index (χ4n) is 2.28. The largest absolute Gasteiger partial charge is 0.464 e. The van der Waals surface area contributed by atoms with Crippen molar-refractivity contribution < 1.29 is 14.3 Å². The summed E-state index contributed by atoms with van der Waals surface area (Å²) in [6, 6.07) is 7.92. The molecule has 0 aromatic heterocycles. The highest BCUT2D eigenvalue weighted by molar-refractivity contribution is 7.99. The molecule has 2 rings (SSSR count). The van der Waals surface area contributed by atoms with E-state index in [1.165, 1.54) is 0 Å². The van der Waals surface area contributed by atoms with E-state index in [-0.39, 0.29) is 11.9 Å². The van der Waals surface area contributed by atoms with Gasteiger partial charge in [0.25, 0.3) is 0 Å². The maximum atomic E-state index is 12.6. The minimum atomic E-state index is -0.744. The van der Waals surface area contributed by atoms with Crippen LogP contribution in [0.4, 0.5) is 0 Å². The number of hydrogen-bond donors (Lipinski definition) is 1. The van der Waals surface area contributed by atoms with Crippen LogP contribution in [0.15, 0.2) is 30.3 Å². The molecule has 21 heavy (non-hydrogen) atoms. The van der Waals surface area contributed by atoms with E-state index >= 15 is 0 Å². The quantitative estimate of drug-likeness (QED) is 0.846. The number of amides is 1. The summed E-state index contributed by atoms with van der Waals surface area (Å²) in [6.07, 6.45) is 0. The van der Waals surface area contributed by atoms with Gasteiger partial charge in [0.05, 0.1) is 6.61 Å². The van der Waals surface area contributed by atoms with E-state index in [2.05, 4.69) is 0 Å². The van der Waals surface area contributed by atoms with Crippen LogP contribution < -0.4 is 5.73 Å². The average Bonchev–Trinajstić information content (AvgIpc) is 2.54. The van der Waals surface area contributed by atoms with Gasteiger partial charge in [-0.25, -0.2) is 4.79 Å². The summed E-state index contributed by atoms with van der Waals surface area (Å²) in [5.74, 6) is 0.799. The number of benzene rings is 1. The minimum Gasteiger partial charge on any atom is -0.464 e. The molecular weight excluding hydrogens is 288 g/mol. The molecule has 0 spiro atoms. The third-order valence-corrected chi connectivity index (χ3v) is 4.42. The second kappa shape index (κ2) is 7.47. The minimum absolute atomic E-state index is 0.223. The molecule has 1 heterocycles. The number of esters is 1. The first-order valence-electron chi connectivity index (χ1n) is 7.00. The fourth-order valence-corrected chi connectivity index (χ4v) is 3.31. The lowest BCUT2D eigenvalue weighted by Gasteiger charge is -2.35. The Hall–Kier alpha value is -1.53. The maximum Gasteiger partial charge on any atom is 0.329 e. The monoisotopic (exact) mass is 308 g/mol. The van der Waals surface area contributed by atoms with E-state index in [0.717, 1.165) is 11.3 Å². The lowest BCUT2D eigenvalue weighted by molar-refractivity contribution is -0.154. The molecule has 1 saturated heterocycles. The van der Waals surface area contributed by atoms with Crippen LogP contribution in [0.3, 0.4) is 0 Å². The van der Waals surface area contributed by atoms with E-state index in [4.69, 9.17) is 10.5 Å². The highest BCUT2D eigenvalue weighted by Crippen LogP contribution is 2.22. The summed E-state index contributed by atoms with van der Waals surface area (Å²) in [5.41, 5.74) is 6.81. The predicted octanol–water partition coefficient (Wildman–Crippen LogP) is 1.19. The molecule has 1 aliphatic heterocycles. The smallest absolute Gasteiger partial charge is 0.329 e. The molecule has 1 fully saturated rings. The summed E-state index contributed by atoms with van der Waals surface area (Å²) in [5, 5.41) is 0. The fraction of sp³-hybridized carbons (Fsp3) is 0.467. The van der Waals surface area contributed by atoms with Gasteiger partial charge >= 0.3 is 5.97 Å². The van der Waals surface area contributed by atoms with Crippen molar-refractivity contribution in [3.05, 3.63) is 35.9 Å². The van der Waals surface area contributed by atoms with Gasteiger partial charge in [0.2, 0.25) is 5.91 Å². The molecular formula is C15H20N2O3S. The third kappa shape index (κ3) is 3.77. The number of hydrogen-bond acceptors (Lipinski definition) is 5. The van der Waals surface area contributed by atoms with E-state index in [0.29, 0.717) is 18.9 Å². The molecule has 1 amide bonds. The summed E-state index contributed by atoms with van der Waals surface area (Å²) >= 11 is 1.65. The molecule has 0 aliphatic carbocycles. The summed E-state index contributed by atoms with van der Waals surface area (Å²) < 4.78 is 5.06. The van der Waals surface area contributed by atoms with Gasteiger partial charge in [-0.1, -0.05) is 30.3 Å². The van der Waals surface area contributed by atoms with Gasteiger partial charge in [0.1, 0.15) is 12.1 Å². The first kappa shape index (κ1) is 15.9. The number of thioether (sulfide) groups is 1. The Labute approximate surface area is 128 Å². The zero-order valence-electron chi connectivity index (χ0n) is 12.0. The molecule has 5 nitrogen and oxygen atoms in total. The standard InChI is InChI=1S/C15H20N2O3S/c1-2-20-15(19)12-10-21-9-8-17(12)14(18)13(16)11-6-4-3-5-7-11/h3-7,12-13H,2,8-10,16H2,1H3/t12?,13-/m0/s1. The number of carbonyl (C=O) groups is 2. The highest BCUT2D eigenvalue weighted by Gasteiger charge is 2.35. The molecule has 1 unspecified atom stereocenters. The number of nitrogens with two attached hydrogens (primary N) is 1. The molecule has 0 radical (unpaired) electrons. The lowest BCUT2D eigenvalue weighted by Crippen LogP contribution is -2.53. The Bertz CT molecular complexity index is 495. The Morgan fingerprint density at radius 3 is 2.81 bits per heavy atom. The Balaban J connectivity index is 2.13. The van der Waals surface area contributed by atoms with Crippen molar-refractivity contribution in [3.63, 3.8) is 0 Å². The van der Waals surface area contributed by atoms with Gasteiger partial charge in [-0.3, -0.25) is 4.79 Å². The molecule has 6 heteroatoms. The second-order valence-corrected chi connectivity index (χ2v) is 5.91. The zero-order chi connectivity index (χ0) is 15.2. The van der Waals surface area contributed by atoms with Gasteiger partial charge in [0.15, 0.2) is 0 Å². The van der Waals surface area contributed by atoms with Crippen LogP contribution in [0.5, 0.6) is 0 Å². The van der Waals surface area contributed by atoms with Crippen molar-refractivity contribution in [2.24, 2.45) is 5.73 Å². The van der Waals surface area contributed by atoms with Crippen LogP contribution in [-0.2, 0) is 14.3 Å². The number of carbonyl (C=O) groups excluding carboxylic acids is 2. The zero-order valence-corrected chi connectivity index (χ0v) is 12.8. The number of nitrogens with zero attached hydrogens (tertiary/aromatic N) is 1. The van der Waals surface area contributed by atoms with Gasteiger partial charge in [-0.05, 0) is 12.5 Å².